The standard InChI is InChI=1S/C6H10N2O/c9-5-1-3-6(4-2-5)7-8-6/h5,9H,1-4H2. The largest absolute Gasteiger partial charge is 0.393 e. The molecular weight excluding hydrogens is 116 g/mol. The Balaban J connectivity index is 1.92. The maximum absolute atomic E-state index is 9.09. The molecule has 9 heavy (non-hydrogen) atoms. The van der Waals surface area contributed by atoms with Crippen molar-refractivity contribution in [3.05, 3.63) is 0 Å². The fourth-order valence-corrected chi connectivity index (χ4v) is 1.34. The molecule has 0 bridgehead atoms. The lowest BCUT2D eigenvalue weighted by molar-refractivity contribution is 0.115. The first-order valence-corrected chi connectivity index (χ1v) is 3.43. The molecule has 1 aliphatic heterocycles. The molecule has 2 rings (SSSR count). The van der Waals surface area contributed by atoms with Gasteiger partial charge < -0.3 is 5.11 Å². The highest BCUT2D eigenvalue weighted by atomic mass is 16.3. The Bertz CT molecular complexity index is 139. The van der Waals surface area contributed by atoms with Crippen LogP contribution in [0.3, 0.4) is 0 Å². The van der Waals surface area contributed by atoms with E-state index < -0.39 is 0 Å². The topological polar surface area (TPSA) is 45.0 Å². The molecule has 0 atom stereocenters. The molecular formula is C6H10N2O. The van der Waals surface area contributed by atoms with E-state index in [1.165, 1.54) is 0 Å². The first-order valence-electron chi connectivity index (χ1n) is 3.43. The molecule has 1 fully saturated rings. The highest BCUT2D eigenvalue weighted by Crippen LogP contribution is 2.41. The molecule has 50 valence electrons. The van der Waals surface area contributed by atoms with Crippen LogP contribution in [0, 0.1) is 0 Å². The predicted octanol–water partition coefficient (Wildman–Crippen LogP) is 1.08. The van der Waals surface area contributed by atoms with Gasteiger partial charge in [-0.15, -0.1) is 0 Å². The second-order valence-corrected chi connectivity index (χ2v) is 2.91. The summed E-state index contributed by atoms with van der Waals surface area (Å²) < 4.78 is 0. The molecule has 1 heterocycles. The van der Waals surface area contributed by atoms with Crippen LogP contribution in [0.5, 0.6) is 0 Å². The number of nitrogens with zero attached hydrogens (tertiary/aromatic N) is 2. The molecule has 1 aliphatic carbocycles. The summed E-state index contributed by atoms with van der Waals surface area (Å²) in [4.78, 5) is 0. The van der Waals surface area contributed by atoms with Gasteiger partial charge in [0, 0.05) is 0 Å². The van der Waals surface area contributed by atoms with Crippen molar-refractivity contribution in [2.24, 2.45) is 10.2 Å². The average Bonchev–Trinajstić information content (AvgIpc) is 2.60. The van der Waals surface area contributed by atoms with Gasteiger partial charge in [0.2, 0.25) is 0 Å². The minimum Gasteiger partial charge on any atom is -0.393 e. The molecule has 0 aromatic carbocycles. The van der Waals surface area contributed by atoms with E-state index in [0.29, 0.717) is 0 Å². The molecule has 1 saturated carbocycles. The molecule has 0 amide bonds. The van der Waals surface area contributed by atoms with Crippen LogP contribution < -0.4 is 0 Å². The Labute approximate surface area is 53.8 Å². The number of rotatable bonds is 0. The van der Waals surface area contributed by atoms with Gasteiger partial charge in [0.15, 0.2) is 5.66 Å². The van der Waals surface area contributed by atoms with E-state index >= 15 is 0 Å². The van der Waals surface area contributed by atoms with Crippen LogP contribution in [0.4, 0.5) is 0 Å². The highest BCUT2D eigenvalue weighted by molar-refractivity contribution is 4.96. The number of aliphatic hydroxyl groups excluding tert-OH is 1. The third-order valence-electron chi connectivity index (χ3n) is 2.14. The van der Waals surface area contributed by atoms with Crippen molar-refractivity contribution in [1.82, 2.24) is 0 Å². The third-order valence-corrected chi connectivity index (χ3v) is 2.14. The van der Waals surface area contributed by atoms with E-state index in [-0.39, 0.29) is 11.8 Å². The first kappa shape index (κ1) is 5.35. The zero-order valence-corrected chi connectivity index (χ0v) is 5.25. The maximum atomic E-state index is 9.09. The summed E-state index contributed by atoms with van der Waals surface area (Å²) in [5.41, 5.74) is -0.000764. The SMILES string of the molecule is OC1CCC2(CC1)N=N2. The van der Waals surface area contributed by atoms with Crippen molar-refractivity contribution < 1.29 is 5.11 Å². The van der Waals surface area contributed by atoms with E-state index in [1.807, 2.05) is 0 Å². The number of hydrogen-bond donors (Lipinski definition) is 1. The molecule has 0 saturated heterocycles. The zero-order valence-electron chi connectivity index (χ0n) is 5.25. The first-order chi connectivity index (χ1) is 4.31. The summed E-state index contributed by atoms with van der Waals surface area (Å²) >= 11 is 0. The van der Waals surface area contributed by atoms with Crippen LogP contribution in [0.25, 0.3) is 0 Å². The average molecular weight is 126 g/mol. The van der Waals surface area contributed by atoms with Gasteiger partial charge in [0.05, 0.1) is 6.10 Å². The van der Waals surface area contributed by atoms with E-state index in [1.54, 1.807) is 0 Å². The van der Waals surface area contributed by atoms with Crippen molar-refractivity contribution in [1.29, 1.82) is 0 Å². The van der Waals surface area contributed by atoms with Crippen molar-refractivity contribution in [3.63, 3.8) is 0 Å². The van der Waals surface area contributed by atoms with Gasteiger partial charge in [-0.1, -0.05) is 0 Å². The van der Waals surface area contributed by atoms with Gasteiger partial charge >= 0.3 is 0 Å². The van der Waals surface area contributed by atoms with E-state index in [2.05, 4.69) is 10.2 Å². The van der Waals surface area contributed by atoms with E-state index in [4.69, 9.17) is 5.11 Å². The smallest absolute Gasteiger partial charge is 0.191 e. The van der Waals surface area contributed by atoms with Gasteiger partial charge in [-0.05, 0) is 25.7 Å². The lowest BCUT2D eigenvalue weighted by Gasteiger charge is -2.20. The quantitative estimate of drug-likeness (QED) is 0.518. The highest BCUT2D eigenvalue weighted by Gasteiger charge is 2.42. The van der Waals surface area contributed by atoms with Crippen molar-refractivity contribution in [3.8, 4) is 0 Å². The molecule has 0 aromatic heterocycles. The molecule has 0 unspecified atom stereocenters. The Morgan fingerprint density at radius 1 is 1.22 bits per heavy atom. The number of hydrogen-bond acceptors (Lipinski definition) is 3. The third kappa shape index (κ3) is 0.852. The van der Waals surface area contributed by atoms with Gasteiger partial charge in [0.25, 0.3) is 0 Å². The summed E-state index contributed by atoms with van der Waals surface area (Å²) in [7, 11) is 0. The van der Waals surface area contributed by atoms with Gasteiger partial charge in [0.1, 0.15) is 0 Å². The Hall–Kier alpha value is -0.440. The van der Waals surface area contributed by atoms with Gasteiger partial charge in [-0.3, -0.25) is 0 Å². The van der Waals surface area contributed by atoms with Gasteiger partial charge in [-0.25, -0.2) is 0 Å². The maximum Gasteiger partial charge on any atom is 0.191 e. The molecule has 0 radical (unpaired) electrons. The van der Waals surface area contributed by atoms with E-state index in [9.17, 15) is 0 Å². The summed E-state index contributed by atoms with van der Waals surface area (Å²) in [5, 5.41) is 17.0. The monoisotopic (exact) mass is 126 g/mol. The summed E-state index contributed by atoms with van der Waals surface area (Å²) in [6.45, 7) is 0. The minimum atomic E-state index is -0.0818. The lowest BCUT2D eigenvalue weighted by atomic mass is 9.90. The van der Waals surface area contributed by atoms with E-state index in [0.717, 1.165) is 25.7 Å². The zero-order chi connectivity index (χ0) is 6.32. The fourth-order valence-electron chi connectivity index (χ4n) is 1.34. The molecule has 3 heteroatoms. The molecule has 0 aromatic rings. The minimum absolute atomic E-state index is 0.000764. The predicted molar refractivity (Wildman–Crippen MR) is 32.1 cm³/mol. The lowest BCUT2D eigenvalue weighted by Crippen LogP contribution is -2.23. The van der Waals surface area contributed by atoms with Crippen LogP contribution in [-0.4, -0.2) is 16.9 Å². The van der Waals surface area contributed by atoms with Crippen molar-refractivity contribution in [2.75, 3.05) is 0 Å². The molecule has 2 aliphatic rings. The summed E-state index contributed by atoms with van der Waals surface area (Å²) in [5.74, 6) is 0. The summed E-state index contributed by atoms with van der Waals surface area (Å²) in [6, 6.07) is 0. The van der Waals surface area contributed by atoms with Crippen LogP contribution in [0.2, 0.25) is 0 Å². The Morgan fingerprint density at radius 3 is 2.22 bits per heavy atom. The molecule has 3 nitrogen and oxygen atoms in total. The van der Waals surface area contributed by atoms with Crippen LogP contribution >= 0.6 is 0 Å². The second-order valence-electron chi connectivity index (χ2n) is 2.91. The molecule has 1 N–H and O–H groups in total. The van der Waals surface area contributed by atoms with Crippen LogP contribution in [0.1, 0.15) is 25.7 Å². The van der Waals surface area contributed by atoms with Crippen molar-refractivity contribution >= 4 is 0 Å². The Morgan fingerprint density at radius 2 is 1.78 bits per heavy atom. The number of aliphatic hydroxyl groups is 1. The van der Waals surface area contributed by atoms with Crippen molar-refractivity contribution in [2.45, 2.75) is 37.5 Å². The normalized spacial score (nSPS) is 31.2. The summed E-state index contributed by atoms with van der Waals surface area (Å²) in [6.07, 6.45) is 3.61. The molecule has 1 spiro atoms. The fraction of sp³-hybridized carbons (Fsp3) is 1.00. The van der Waals surface area contributed by atoms with Crippen LogP contribution in [0.15, 0.2) is 10.2 Å². The van der Waals surface area contributed by atoms with Gasteiger partial charge in [-0.2, -0.15) is 10.2 Å². The second kappa shape index (κ2) is 1.53. The Kier molecular flexibility index (Phi) is 0.913. The van der Waals surface area contributed by atoms with Crippen LogP contribution in [-0.2, 0) is 0 Å².